The van der Waals surface area contributed by atoms with Crippen LogP contribution in [0.1, 0.15) is 17.0 Å². The molecule has 0 heterocycles. The number of hydrogen-bond acceptors (Lipinski definition) is 4. The van der Waals surface area contributed by atoms with Crippen LogP contribution in [0.4, 0.5) is 4.39 Å². The second-order valence-corrected chi connectivity index (χ2v) is 4.97. The average Bonchev–Trinajstić information content (AvgIpc) is 2.59. The van der Waals surface area contributed by atoms with Crippen LogP contribution in [0.2, 0.25) is 0 Å². The Labute approximate surface area is 135 Å². The Morgan fingerprint density at radius 3 is 2.00 bits per heavy atom. The van der Waals surface area contributed by atoms with Crippen LogP contribution in [-0.4, -0.2) is 21.3 Å². The number of methoxy groups -OCH3 is 3. The van der Waals surface area contributed by atoms with Gasteiger partial charge in [-0.05, 0) is 41.8 Å². The topological polar surface area (TPSA) is 51.5 Å². The molecule has 0 saturated heterocycles. The van der Waals surface area contributed by atoms with E-state index in [1.807, 2.05) is 0 Å². The highest BCUT2D eigenvalue weighted by atomic mass is 19.1. The molecule has 0 spiro atoms. The fourth-order valence-corrected chi connectivity index (χ4v) is 2.40. The molecule has 0 saturated carbocycles. The molecule has 23 heavy (non-hydrogen) atoms. The molecule has 0 aliphatic heterocycles. The second-order valence-electron chi connectivity index (χ2n) is 4.97. The van der Waals surface area contributed by atoms with Crippen LogP contribution in [0.3, 0.4) is 0 Å². The predicted octanol–water partition coefficient (Wildman–Crippen LogP) is 3.70. The number of nitrogens with zero attached hydrogens (tertiary/aromatic N) is 1. The van der Waals surface area contributed by atoms with Gasteiger partial charge in [-0.15, -0.1) is 0 Å². The lowest BCUT2D eigenvalue weighted by molar-refractivity contribution is 0.323. The van der Waals surface area contributed by atoms with Crippen LogP contribution in [0.25, 0.3) is 0 Å². The van der Waals surface area contributed by atoms with E-state index in [0.717, 1.165) is 11.1 Å². The first kappa shape index (κ1) is 16.6. The Bertz CT molecular complexity index is 682. The maximum Gasteiger partial charge on any atom is 0.203 e. The van der Waals surface area contributed by atoms with Crippen molar-refractivity contribution in [2.75, 3.05) is 21.3 Å². The summed E-state index contributed by atoms with van der Waals surface area (Å²) >= 11 is 0. The van der Waals surface area contributed by atoms with Crippen LogP contribution in [0.15, 0.2) is 36.4 Å². The van der Waals surface area contributed by atoms with Gasteiger partial charge >= 0.3 is 0 Å². The Hall–Kier alpha value is -2.74. The maximum atomic E-state index is 13.0. The third-order valence-electron chi connectivity index (χ3n) is 3.60. The van der Waals surface area contributed by atoms with E-state index in [0.29, 0.717) is 23.7 Å². The summed E-state index contributed by atoms with van der Waals surface area (Å²) in [4.78, 5) is 0. The van der Waals surface area contributed by atoms with Crippen molar-refractivity contribution in [2.45, 2.75) is 12.3 Å². The predicted molar refractivity (Wildman–Crippen MR) is 84.6 cm³/mol. The number of benzene rings is 2. The van der Waals surface area contributed by atoms with Crippen LogP contribution in [-0.2, 0) is 6.42 Å². The van der Waals surface area contributed by atoms with E-state index in [1.165, 1.54) is 33.5 Å². The minimum absolute atomic E-state index is 0.296. The van der Waals surface area contributed by atoms with E-state index in [1.54, 1.807) is 24.3 Å². The Morgan fingerprint density at radius 2 is 1.57 bits per heavy atom. The zero-order valence-corrected chi connectivity index (χ0v) is 13.3. The quantitative estimate of drug-likeness (QED) is 0.815. The van der Waals surface area contributed by atoms with Gasteiger partial charge in [-0.3, -0.25) is 0 Å². The highest BCUT2D eigenvalue weighted by Crippen LogP contribution is 2.40. The number of halogens is 1. The third kappa shape index (κ3) is 3.72. The molecule has 0 amide bonds. The van der Waals surface area contributed by atoms with Crippen molar-refractivity contribution in [2.24, 2.45) is 0 Å². The normalized spacial score (nSPS) is 11.4. The van der Waals surface area contributed by atoms with Crippen molar-refractivity contribution in [3.63, 3.8) is 0 Å². The molecule has 0 aliphatic rings. The Kier molecular flexibility index (Phi) is 5.42. The monoisotopic (exact) mass is 315 g/mol. The lowest BCUT2D eigenvalue weighted by atomic mass is 9.92. The molecule has 1 unspecified atom stereocenters. The van der Waals surface area contributed by atoms with Gasteiger partial charge < -0.3 is 14.2 Å². The first-order valence-corrected chi connectivity index (χ1v) is 7.06. The van der Waals surface area contributed by atoms with Crippen LogP contribution < -0.4 is 14.2 Å². The summed E-state index contributed by atoms with van der Waals surface area (Å²) in [5.41, 5.74) is 1.64. The van der Waals surface area contributed by atoms with Crippen molar-refractivity contribution < 1.29 is 18.6 Å². The van der Waals surface area contributed by atoms with Crippen molar-refractivity contribution in [3.8, 4) is 23.3 Å². The van der Waals surface area contributed by atoms with Crippen LogP contribution >= 0.6 is 0 Å². The highest BCUT2D eigenvalue weighted by molar-refractivity contribution is 5.55. The van der Waals surface area contributed by atoms with Crippen molar-refractivity contribution in [1.29, 1.82) is 5.26 Å². The molecule has 5 heteroatoms. The van der Waals surface area contributed by atoms with Gasteiger partial charge in [-0.2, -0.15) is 5.26 Å². The Morgan fingerprint density at radius 1 is 1.00 bits per heavy atom. The zero-order chi connectivity index (χ0) is 16.8. The van der Waals surface area contributed by atoms with Crippen molar-refractivity contribution in [3.05, 3.63) is 53.3 Å². The molecule has 0 N–H and O–H groups in total. The van der Waals surface area contributed by atoms with E-state index in [4.69, 9.17) is 14.2 Å². The smallest absolute Gasteiger partial charge is 0.203 e. The van der Waals surface area contributed by atoms with Gasteiger partial charge in [0.05, 0.1) is 33.3 Å². The number of ether oxygens (including phenoxy) is 3. The summed E-state index contributed by atoms with van der Waals surface area (Å²) < 4.78 is 28.9. The van der Waals surface area contributed by atoms with Gasteiger partial charge in [0, 0.05) is 0 Å². The molecule has 2 rings (SSSR count). The zero-order valence-electron chi connectivity index (χ0n) is 13.3. The lowest BCUT2D eigenvalue weighted by Crippen LogP contribution is -2.03. The molecule has 2 aromatic rings. The Balaban J connectivity index is 2.37. The molecule has 2 aromatic carbocycles. The van der Waals surface area contributed by atoms with Gasteiger partial charge in [0.25, 0.3) is 0 Å². The van der Waals surface area contributed by atoms with E-state index in [-0.39, 0.29) is 5.82 Å². The van der Waals surface area contributed by atoms with Gasteiger partial charge in [-0.25, -0.2) is 4.39 Å². The molecule has 1 atom stereocenters. The maximum absolute atomic E-state index is 13.0. The average molecular weight is 315 g/mol. The fourth-order valence-electron chi connectivity index (χ4n) is 2.40. The molecule has 0 aliphatic carbocycles. The van der Waals surface area contributed by atoms with Gasteiger partial charge in [0.2, 0.25) is 5.75 Å². The minimum atomic E-state index is -0.408. The standard InChI is InChI=1S/C18H18FNO3/c1-21-16-9-13(10-17(22-2)18(16)23-3)14(11-20)8-12-4-6-15(19)7-5-12/h4-7,9-10,14H,8H2,1-3H3. The SMILES string of the molecule is COc1cc(C(C#N)Cc2ccc(F)cc2)cc(OC)c1OC. The van der Waals surface area contributed by atoms with E-state index >= 15 is 0 Å². The van der Waals surface area contributed by atoms with Crippen LogP contribution in [0.5, 0.6) is 17.2 Å². The largest absolute Gasteiger partial charge is 0.493 e. The number of nitriles is 1. The number of hydrogen-bond donors (Lipinski definition) is 0. The summed E-state index contributed by atoms with van der Waals surface area (Å²) in [5, 5.41) is 9.51. The van der Waals surface area contributed by atoms with E-state index < -0.39 is 5.92 Å². The summed E-state index contributed by atoms with van der Waals surface area (Å²) in [6.45, 7) is 0. The molecular weight excluding hydrogens is 297 g/mol. The molecule has 0 fully saturated rings. The van der Waals surface area contributed by atoms with E-state index in [2.05, 4.69) is 6.07 Å². The molecule has 0 aromatic heterocycles. The van der Waals surface area contributed by atoms with E-state index in [9.17, 15) is 9.65 Å². The molecule has 0 radical (unpaired) electrons. The second kappa shape index (κ2) is 7.50. The molecular formula is C18H18FNO3. The molecule has 120 valence electrons. The number of rotatable bonds is 6. The summed E-state index contributed by atoms with van der Waals surface area (Å²) in [7, 11) is 4.59. The molecule has 0 bridgehead atoms. The first-order chi connectivity index (χ1) is 11.1. The van der Waals surface area contributed by atoms with Crippen molar-refractivity contribution in [1.82, 2.24) is 0 Å². The van der Waals surface area contributed by atoms with Crippen molar-refractivity contribution >= 4 is 0 Å². The minimum Gasteiger partial charge on any atom is -0.493 e. The third-order valence-corrected chi connectivity index (χ3v) is 3.60. The van der Waals surface area contributed by atoms with Gasteiger partial charge in [0.15, 0.2) is 11.5 Å². The van der Waals surface area contributed by atoms with Gasteiger partial charge in [-0.1, -0.05) is 12.1 Å². The lowest BCUT2D eigenvalue weighted by Gasteiger charge is -2.16. The van der Waals surface area contributed by atoms with Crippen LogP contribution in [0, 0.1) is 17.1 Å². The summed E-state index contributed by atoms with van der Waals surface area (Å²) in [5.74, 6) is 0.781. The fraction of sp³-hybridized carbons (Fsp3) is 0.278. The summed E-state index contributed by atoms with van der Waals surface area (Å²) in [6, 6.07) is 11.9. The molecule has 4 nitrogen and oxygen atoms in total. The summed E-state index contributed by atoms with van der Waals surface area (Å²) in [6.07, 6.45) is 0.468. The highest BCUT2D eigenvalue weighted by Gasteiger charge is 2.19. The first-order valence-electron chi connectivity index (χ1n) is 7.06. The van der Waals surface area contributed by atoms with Gasteiger partial charge in [0.1, 0.15) is 5.82 Å².